The molecular weight excluding hydrogens is 208 g/mol. The van der Waals surface area contributed by atoms with Gasteiger partial charge in [0.2, 0.25) is 0 Å². The lowest BCUT2D eigenvalue weighted by Crippen LogP contribution is -2.51. The van der Waals surface area contributed by atoms with E-state index in [2.05, 4.69) is 50.1 Å². The Morgan fingerprint density at radius 1 is 1.29 bits per heavy atom. The Hall–Kier alpha value is -1.02. The van der Waals surface area contributed by atoms with Gasteiger partial charge in [-0.25, -0.2) is 0 Å². The summed E-state index contributed by atoms with van der Waals surface area (Å²) in [5.74, 6) is 0.767. The Morgan fingerprint density at radius 3 is 2.29 bits per heavy atom. The summed E-state index contributed by atoms with van der Waals surface area (Å²) in [6.45, 7) is 5.20. The number of hydrogen-bond donors (Lipinski definition) is 1. The van der Waals surface area contributed by atoms with Gasteiger partial charge in [0.1, 0.15) is 0 Å². The van der Waals surface area contributed by atoms with Gasteiger partial charge in [0, 0.05) is 19.3 Å². The van der Waals surface area contributed by atoms with Gasteiger partial charge >= 0.3 is 0 Å². The summed E-state index contributed by atoms with van der Waals surface area (Å²) in [6.07, 6.45) is 3.75. The first-order valence-corrected chi connectivity index (χ1v) is 6.64. The van der Waals surface area contributed by atoms with Gasteiger partial charge in [0.15, 0.2) is 0 Å². The SMILES string of the molecule is CCc1ccc(N(C)C(C)(CN)C2CC2)cc1. The molecule has 1 aliphatic rings. The van der Waals surface area contributed by atoms with Gasteiger partial charge in [0.25, 0.3) is 0 Å². The summed E-state index contributed by atoms with van der Waals surface area (Å²) in [5.41, 5.74) is 8.79. The van der Waals surface area contributed by atoms with Crippen molar-refractivity contribution >= 4 is 5.69 Å². The topological polar surface area (TPSA) is 29.3 Å². The maximum Gasteiger partial charge on any atom is 0.0520 e. The van der Waals surface area contributed by atoms with E-state index in [1.807, 2.05) is 0 Å². The minimum atomic E-state index is 0.119. The highest BCUT2D eigenvalue weighted by atomic mass is 15.2. The molecule has 0 aliphatic heterocycles. The van der Waals surface area contributed by atoms with Crippen LogP contribution in [0.25, 0.3) is 0 Å². The molecule has 1 atom stereocenters. The number of hydrogen-bond acceptors (Lipinski definition) is 2. The van der Waals surface area contributed by atoms with Crippen LogP contribution < -0.4 is 10.6 Å². The van der Waals surface area contributed by atoms with Gasteiger partial charge in [-0.1, -0.05) is 19.1 Å². The van der Waals surface area contributed by atoms with Gasteiger partial charge in [-0.3, -0.25) is 0 Å². The van der Waals surface area contributed by atoms with Gasteiger partial charge in [-0.15, -0.1) is 0 Å². The van der Waals surface area contributed by atoms with E-state index in [0.29, 0.717) is 0 Å². The monoisotopic (exact) mass is 232 g/mol. The van der Waals surface area contributed by atoms with Crippen LogP contribution in [-0.2, 0) is 6.42 Å². The Labute approximate surface area is 105 Å². The third kappa shape index (κ3) is 2.32. The maximum absolute atomic E-state index is 6.00. The molecule has 1 unspecified atom stereocenters. The van der Waals surface area contributed by atoms with Crippen molar-refractivity contribution in [3.63, 3.8) is 0 Å². The van der Waals surface area contributed by atoms with Crippen LogP contribution in [0, 0.1) is 5.92 Å². The van der Waals surface area contributed by atoms with Crippen molar-refractivity contribution < 1.29 is 0 Å². The van der Waals surface area contributed by atoms with Crippen LogP contribution in [0.1, 0.15) is 32.3 Å². The van der Waals surface area contributed by atoms with E-state index in [9.17, 15) is 0 Å². The van der Waals surface area contributed by atoms with E-state index >= 15 is 0 Å². The molecule has 0 amide bonds. The van der Waals surface area contributed by atoms with Crippen LogP contribution in [0.15, 0.2) is 24.3 Å². The van der Waals surface area contributed by atoms with Gasteiger partial charge in [-0.2, -0.15) is 0 Å². The van der Waals surface area contributed by atoms with Crippen molar-refractivity contribution in [1.82, 2.24) is 0 Å². The molecule has 1 saturated carbocycles. The van der Waals surface area contributed by atoms with Crippen LogP contribution in [0.4, 0.5) is 5.69 Å². The first kappa shape index (κ1) is 12.4. The summed E-state index contributed by atoms with van der Waals surface area (Å²) in [5, 5.41) is 0. The number of nitrogens with zero attached hydrogens (tertiary/aromatic N) is 1. The van der Waals surface area contributed by atoms with Crippen LogP contribution >= 0.6 is 0 Å². The van der Waals surface area contributed by atoms with E-state index in [4.69, 9.17) is 5.73 Å². The van der Waals surface area contributed by atoms with Crippen LogP contribution in [0.5, 0.6) is 0 Å². The maximum atomic E-state index is 6.00. The first-order valence-electron chi connectivity index (χ1n) is 6.64. The van der Waals surface area contributed by atoms with Gasteiger partial charge < -0.3 is 10.6 Å². The lowest BCUT2D eigenvalue weighted by Gasteiger charge is -2.40. The van der Waals surface area contributed by atoms with E-state index in [-0.39, 0.29) is 5.54 Å². The zero-order valence-electron chi connectivity index (χ0n) is 11.2. The Kier molecular flexibility index (Phi) is 3.43. The highest BCUT2D eigenvalue weighted by Gasteiger charge is 2.43. The fourth-order valence-corrected chi connectivity index (χ4v) is 2.53. The Morgan fingerprint density at radius 2 is 1.88 bits per heavy atom. The summed E-state index contributed by atoms with van der Waals surface area (Å²) >= 11 is 0. The number of aryl methyl sites for hydroxylation is 1. The van der Waals surface area contributed by atoms with Crippen molar-refractivity contribution in [3.8, 4) is 0 Å². The average molecular weight is 232 g/mol. The molecule has 94 valence electrons. The molecule has 0 bridgehead atoms. The molecule has 1 aromatic carbocycles. The predicted octanol–water partition coefficient (Wildman–Crippen LogP) is 2.81. The van der Waals surface area contributed by atoms with E-state index in [1.54, 1.807) is 0 Å². The second kappa shape index (κ2) is 4.69. The summed E-state index contributed by atoms with van der Waals surface area (Å²) < 4.78 is 0. The average Bonchev–Trinajstić information content (AvgIpc) is 3.21. The second-order valence-corrected chi connectivity index (χ2v) is 5.41. The lowest BCUT2D eigenvalue weighted by molar-refractivity contribution is 0.397. The molecule has 1 aliphatic carbocycles. The molecule has 17 heavy (non-hydrogen) atoms. The fraction of sp³-hybridized carbons (Fsp3) is 0.600. The molecule has 0 saturated heterocycles. The van der Waals surface area contributed by atoms with Crippen molar-refractivity contribution in [2.24, 2.45) is 11.7 Å². The van der Waals surface area contributed by atoms with Crippen LogP contribution in [0.2, 0.25) is 0 Å². The van der Waals surface area contributed by atoms with Crippen molar-refractivity contribution in [2.45, 2.75) is 38.6 Å². The number of nitrogens with two attached hydrogens (primary N) is 1. The van der Waals surface area contributed by atoms with Crippen molar-refractivity contribution in [3.05, 3.63) is 29.8 Å². The largest absolute Gasteiger partial charge is 0.368 e. The summed E-state index contributed by atoms with van der Waals surface area (Å²) in [6, 6.07) is 8.87. The Bertz CT molecular complexity index is 367. The smallest absolute Gasteiger partial charge is 0.0520 e. The van der Waals surface area contributed by atoms with E-state index in [1.165, 1.54) is 24.1 Å². The number of benzene rings is 1. The van der Waals surface area contributed by atoms with Crippen molar-refractivity contribution in [2.75, 3.05) is 18.5 Å². The number of likely N-dealkylation sites (N-methyl/N-ethyl adjacent to an activating group) is 1. The molecule has 2 rings (SSSR count). The van der Waals surface area contributed by atoms with E-state index < -0.39 is 0 Å². The van der Waals surface area contributed by atoms with Crippen LogP contribution in [0.3, 0.4) is 0 Å². The molecule has 0 heterocycles. The van der Waals surface area contributed by atoms with Crippen molar-refractivity contribution in [1.29, 1.82) is 0 Å². The van der Waals surface area contributed by atoms with Gasteiger partial charge in [0.05, 0.1) is 5.54 Å². The van der Waals surface area contributed by atoms with Gasteiger partial charge in [-0.05, 0) is 49.8 Å². The molecule has 0 aromatic heterocycles. The minimum absolute atomic E-state index is 0.119. The normalized spacial score (nSPS) is 18.8. The molecule has 2 heteroatoms. The summed E-state index contributed by atoms with van der Waals surface area (Å²) in [7, 11) is 2.17. The minimum Gasteiger partial charge on any atom is -0.368 e. The highest BCUT2D eigenvalue weighted by molar-refractivity contribution is 5.50. The quantitative estimate of drug-likeness (QED) is 0.846. The summed E-state index contributed by atoms with van der Waals surface area (Å²) in [4.78, 5) is 2.37. The third-order valence-corrected chi connectivity index (χ3v) is 4.37. The molecule has 1 aromatic rings. The standard InChI is InChI=1S/C15H24N2/c1-4-12-5-9-14(10-6-12)17(3)15(2,11-16)13-7-8-13/h5-6,9-10,13H,4,7-8,11,16H2,1-3H3. The zero-order valence-corrected chi connectivity index (χ0v) is 11.2. The Balaban J connectivity index is 2.19. The lowest BCUT2D eigenvalue weighted by atomic mass is 9.93. The molecule has 1 fully saturated rings. The first-order chi connectivity index (χ1) is 8.11. The molecule has 2 N–H and O–H groups in total. The van der Waals surface area contributed by atoms with E-state index in [0.717, 1.165) is 18.9 Å². The zero-order chi connectivity index (χ0) is 12.5. The molecule has 0 radical (unpaired) electrons. The number of anilines is 1. The van der Waals surface area contributed by atoms with Crippen LogP contribution in [-0.4, -0.2) is 19.1 Å². The fourth-order valence-electron chi connectivity index (χ4n) is 2.53. The highest BCUT2D eigenvalue weighted by Crippen LogP contribution is 2.43. The molecule has 2 nitrogen and oxygen atoms in total. The molecular formula is C15H24N2. The second-order valence-electron chi connectivity index (χ2n) is 5.41. The number of rotatable bonds is 5. The third-order valence-electron chi connectivity index (χ3n) is 4.37. The molecule has 0 spiro atoms. The predicted molar refractivity (Wildman–Crippen MR) is 74.4 cm³/mol.